The summed E-state index contributed by atoms with van der Waals surface area (Å²) in [6, 6.07) is 4.10. The van der Waals surface area contributed by atoms with Crippen LogP contribution in [0.3, 0.4) is 0 Å². The van der Waals surface area contributed by atoms with Crippen LogP contribution in [0.1, 0.15) is 38.4 Å². The van der Waals surface area contributed by atoms with Crippen molar-refractivity contribution in [1.29, 1.82) is 0 Å². The Kier molecular flexibility index (Phi) is 5.17. The van der Waals surface area contributed by atoms with Gasteiger partial charge in [-0.05, 0) is 32.4 Å². The van der Waals surface area contributed by atoms with Crippen LogP contribution in [-0.4, -0.2) is 50.7 Å². The molecule has 1 N–H and O–H groups in total. The Hall–Kier alpha value is -3.23. The maximum atomic E-state index is 14.6. The van der Waals surface area contributed by atoms with Gasteiger partial charge in [-0.15, -0.1) is 0 Å². The van der Waals surface area contributed by atoms with E-state index in [1.165, 1.54) is 0 Å². The second kappa shape index (κ2) is 8.13. The number of rotatable bonds is 5. The van der Waals surface area contributed by atoms with Crippen LogP contribution in [-0.2, 0) is 4.74 Å². The summed E-state index contributed by atoms with van der Waals surface area (Å²) in [5, 5.41) is 8.87. The van der Waals surface area contributed by atoms with Crippen molar-refractivity contribution in [3.8, 4) is 0 Å². The first-order chi connectivity index (χ1) is 15.1. The van der Waals surface area contributed by atoms with Gasteiger partial charge in [0.15, 0.2) is 5.76 Å². The van der Waals surface area contributed by atoms with E-state index in [1.807, 2.05) is 49.1 Å². The largest absolute Gasteiger partial charge is 0.488 e. The predicted molar refractivity (Wildman–Crippen MR) is 115 cm³/mol. The zero-order chi connectivity index (χ0) is 21.4. The average Bonchev–Trinajstić information content (AvgIpc) is 3.50. The maximum Gasteiger partial charge on any atom is 0.150 e. The third-order valence-corrected chi connectivity index (χ3v) is 5.89. The number of ether oxygens (including phenoxy) is 1. The SMILES string of the molecule is CC(C)OC1=C(F)CC2NN=C(c3cc(N4CCC(n5cccn5)C4)ncn3)C2C=C1. The molecule has 0 spiro atoms. The fraction of sp³-hybridized carbons (Fsp3) is 0.455. The van der Waals surface area contributed by atoms with Crippen molar-refractivity contribution in [1.82, 2.24) is 25.2 Å². The summed E-state index contributed by atoms with van der Waals surface area (Å²) < 4.78 is 22.3. The molecule has 1 fully saturated rings. The first-order valence-electron chi connectivity index (χ1n) is 10.7. The molecule has 9 heteroatoms. The van der Waals surface area contributed by atoms with Crippen molar-refractivity contribution in [3.63, 3.8) is 0 Å². The number of hydrogen-bond acceptors (Lipinski definition) is 7. The first-order valence-corrected chi connectivity index (χ1v) is 10.7. The fourth-order valence-electron chi connectivity index (χ4n) is 4.38. The molecule has 0 saturated carbocycles. The van der Waals surface area contributed by atoms with Crippen LogP contribution < -0.4 is 10.3 Å². The van der Waals surface area contributed by atoms with E-state index in [2.05, 4.69) is 30.5 Å². The molecule has 31 heavy (non-hydrogen) atoms. The van der Waals surface area contributed by atoms with E-state index in [-0.39, 0.29) is 30.3 Å². The highest BCUT2D eigenvalue weighted by molar-refractivity contribution is 6.03. The molecular formula is C22H26FN7O. The van der Waals surface area contributed by atoms with Crippen molar-refractivity contribution >= 4 is 11.5 Å². The molecule has 1 saturated heterocycles. The van der Waals surface area contributed by atoms with Crippen LogP contribution in [0.25, 0.3) is 0 Å². The minimum Gasteiger partial charge on any atom is -0.488 e. The molecule has 8 nitrogen and oxygen atoms in total. The zero-order valence-corrected chi connectivity index (χ0v) is 17.6. The summed E-state index contributed by atoms with van der Waals surface area (Å²) in [4.78, 5) is 11.2. The number of fused-ring (bicyclic) bond motifs is 1. The van der Waals surface area contributed by atoms with Crippen LogP contribution >= 0.6 is 0 Å². The molecule has 3 aliphatic rings. The molecule has 1 aliphatic carbocycles. The van der Waals surface area contributed by atoms with E-state index >= 15 is 0 Å². The number of hydrogen-bond donors (Lipinski definition) is 1. The van der Waals surface area contributed by atoms with Crippen LogP contribution in [0.2, 0.25) is 0 Å². The quantitative estimate of drug-likeness (QED) is 0.796. The fourth-order valence-corrected chi connectivity index (χ4v) is 4.38. The number of allylic oxidation sites excluding steroid dienone is 1. The molecule has 0 aromatic carbocycles. The maximum absolute atomic E-state index is 14.6. The van der Waals surface area contributed by atoms with Gasteiger partial charge in [0.05, 0.1) is 29.6 Å². The summed E-state index contributed by atoms with van der Waals surface area (Å²) in [5.74, 6) is 0.830. The molecule has 2 aliphatic heterocycles. The molecular weight excluding hydrogens is 397 g/mol. The van der Waals surface area contributed by atoms with Crippen molar-refractivity contribution in [3.05, 3.63) is 60.3 Å². The van der Waals surface area contributed by atoms with E-state index in [1.54, 1.807) is 12.4 Å². The molecule has 5 rings (SSSR count). The Morgan fingerprint density at radius 1 is 1.29 bits per heavy atom. The lowest BCUT2D eigenvalue weighted by Crippen LogP contribution is -2.28. The topological polar surface area (TPSA) is 80.5 Å². The van der Waals surface area contributed by atoms with E-state index in [0.717, 1.165) is 36.7 Å². The van der Waals surface area contributed by atoms with E-state index in [9.17, 15) is 4.39 Å². The van der Waals surface area contributed by atoms with Crippen LogP contribution in [0, 0.1) is 5.92 Å². The molecule has 0 amide bonds. The van der Waals surface area contributed by atoms with Gasteiger partial charge in [0.25, 0.3) is 0 Å². The van der Waals surface area contributed by atoms with Gasteiger partial charge < -0.3 is 15.1 Å². The summed E-state index contributed by atoms with van der Waals surface area (Å²) >= 11 is 0. The lowest BCUT2D eigenvalue weighted by atomic mass is 9.92. The molecule has 0 radical (unpaired) electrons. The molecule has 2 aromatic heterocycles. The highest BCUT2D eigenvalue weighted by atomic mass is 19.1. The van der Waals surface area contributed by atoms with Crippen molar-refractivity contribution in [2.75, 3.05) is 18.0 Å². The molecule has 4 heterocycles. The lowest BCUT2D eigenvalue weighted by Gasteiger charge is -2.19. The Bertz CT molecular complexity index is 1030. The van der Waals surface area contributed by atoms with Crippen molar-refractivity contribution < 1.29 is 9.13 Å². The normalized spacial score (nSPS) is 25.5. The Balaban J connectivity index is 1.34. The highest BCUT2D eigenvalue weighted by Gasteiger charge is 2.35. The zero-order valence-electron chi connectivity index (χ0n) is 17.6. The Labute approximate surface area is 180 Å². The van der Waals surface area contributed by atoms with E-state index in [0.29, 0.717) is 11.8 Å². The molecule has 162 valence electrons. The summed E-state index contributed by atoms with van der Waals surface area (Å²) in [5.41, 5.74) is 4.64. The average molecular weight is 423 g/mol. The minimum atomic E-state index is -0.258. The summed E-state index contributed by atoms with van der Waals surface area (Å²) in [7, 11) is 0. The highest BCUT2D eigenvalue weighted by Crippen LogP contribution is 2.31. The number of halogens is 1. The number of nitrogens with one attached hydrogen (secondary N) is 1. The number of aromatic nitrogens is 4. The Morgan fingerprint density at radius 3 is 3.00 bits per heavy atom. The van der Waals surface area contributed by atoms with E-state index in [4.69, 9.17) is 4.74 Å². The monoisotopic (exact) mass is 423 g/mol. The second-order valence-corrected chi connectivity index (χ2v) is 8.39. The molecule has 3 atom stereocenters. The van der Waals surface area contributed by atoms with Gasteiger partial charge in [0.1, 0.15) is 18.0 Å². The Morgan fingerprint density at radius 2 is 2.19 bits per heavy atom. The lowest BCUT2D eigenvalue weighted by molar-refractivity contribution is 0.148. The summed E-state index contributed by atoms with van der Waals surface area (Å²) in [6.45, 7) is 5.54. The van der Waals surface area contributed by atoms with Gasteiger partial charge in [-0.2, -0.15) is 10.2 Å². The van der Waals surface area contributed by atoms with Gasteiger partial charge in [-0.3, -0.25) is 4.68 Å². The predicted octanol–water partition coefficient (Wildman–Crippen LogP) is 2.98. The van der Waals surface area contributed by atoms with Gasteiger partial charge in [0.2, 0.25) is 0 Å². The van der Waals surface area contributed by atoms with Crippen LogP contribution in [0.5, 0.6) is 0 Å². The third kappa shape index (κ3) is 3.92. The standard InChI is InChI=1S/C22H26FN7O/c1-14(2)31-20-5-4-16-18(10-17(20)23)27-28-22(16)19-11-21(25-13-24-19)29-9-6-15(12-29)30-8-3-7-26-30/h3-5,7-8,11,13-16,18,27H,6,9-10,12H2,1-2H3. The minimum absolute atomic E-state index is 0.0834. The van der Waals surface area contributed by atoms with Gasteiger partial charge in [0, 0.05) is 43.9 Å². The van der Waals surface area contributed by atoms with Crippen LogP contribution in [0.15, 0.2) is 59.7 Å². The smallest absolute Gasteiger partial charge is 0.150 e. The second-order valence-electron chi connectivity index (χ2n) is 8.39. The molecule has 0 bridgehead atoms. The number of nitrogens with zero attached hydrogens (tertiary/aromatic N) is 6. The molecule has 3 unspecified atom stereocenters. The van der Waals surface area contributed by atoms with Crippen LogP contribution in [0.4, 0.5) is 10.2 Å². The van der Waals surface area contributed by atoms with Gasteiger partial charge >= 0.3 is 0 Å². The summed E-state index contributed by atoms with van der Waals surface area (Å²) in [6.07, 6.45) is 10.2. The number of hydrazone groups is 1. The van der Waals surface area contributed by atoms with Gasteiger partial charge in [-0.25, -0.2) is 14.4 Å². The number of anilines is 1. The van der Waals surface area contributed by atoms with Gasteiger partial charge in [-0.1, -0.05) is 6.08 Å². The molecule has 2 aromatic rings. The van der Waals surface area contributed by atoms with Crippen molar-refractivity contribution in [2.45, 2.75) is 44.9 Å². The first kappa shape index (κ1) is 19.7. The van der Waals surface area contributed by atoms with E-state index < -0.39 is 0 Å². The third-order valence-electron chi connectivity index (χ3n) is 5.89. The van der Waals surface area contributed by atoms with Crippen molar-refractivity contribution in [2.24, 2.45) is 11.0 Å².